The lowest BCUT2D eigenvalue weighted by atomic mass is 10.1. The Balaban J connectivity index is 3.79. The molecular formula is C15H28OP2. The first-order valence-electron chi connectivity index (χ1n) is 6.58. The highest BCUT2D eigenvalue weighted by molar-refractivity contribution is 8.00. The first kappa shape index (κ1) is 18.0. The number of allylic oxidation sites excluding steroid dienone is 5. The highest BCUT2D eigenvalue weighted by Crippen LogP contribution is 2.21. The highest BCUT2D eigenvalue weighted by atomic mass is 32.0. The Morgan fingerprint density at radius 2 is 1.50 bits per heavy atom. The SMILES string of the molecule is CC(C)=CCCC(C)=CCC/C(C)=C/COPP. The molecule has 0 saturated heterocycles. The van der Waals surface area contributed by atoms with E-state index in [0.717, 1.165) is 19.4 Å². The van der Waals surface area contributed by atoms with E-state index in [9.17, 15) is 0 Å². The predicted octanol–water partition coefficient (Wildman–Crippen LogP) is 5.81. The van der Waals surface area contributed by atoms with Gasteiger partial charge in [0.1, 0.15) is 0 Å². The molecule has 0 aromatic rings. The van der Waals surface area contributed by atoms with Crippen molar-refractivity contribution in [2.75, 3.05) is 6.61 Å². The fourth-order valence-electron chi connectivity index (χ4n) is 1.57. The average Bonchev–Trinajstić information content (AvgIpc) is 2.29. The molecular weight excluding hydrogens is 258 g/mol. The van der Waals surface area contributed by atoms with Crippen LogP contribution in [0.5, 0.6) is 0 Å². The standard InChI is InChI=1S/C15H28OP2/c1-13(2)7-5-8-14(3)9-6-10-15(4)11-12-16-18-17/h7,9,11,18H,5-6,8,10,12,17H2,1-4H3/b14-9?,15-11+. The summed E-state index contributed by atoms with van der Waals surface area (Å²) in [7, 11) is 3.10. The van der Waals surface area contributed by atoms with Crippen LogP contribution in [0.4, 0.5) is 0 Å². The van der Waals surface area contributed by atoms with Gasteiger partial charge in [-0.2, -0.15) is 0 Å². The molecule has 3 heteroatoms. The molecule has 0 aliphatic carbocycles. The Labute approximate surface area is 117 Å². The quantitative estimate of drug-likeness (QED) is 0.295. The predicted molar refractivity (Wildman–Crippen MR) is 89.4 cm³/mol. The normalized spacial score (nSPS) is 13.4. The average molecular weight is 286 g/mol. The van der Waals surface area contributed by atoms with Gasteiger partial charge in [0.15, 0.2) is 0 Å². The molecule has 104 valence electrons. The first-order valence-corrected chi connectivity index (χ1v) is 9.30. The van der Waals surface area contributed by atoms with E-state index in [1.54, 1.807) is 0 Å². The van der Waals surface area contributed by atoms with E-state index in [0.29, 0.717) is 8.50 Å². The van der Waals surface area contributed by atoms with Gasteiger partial charge < -0.3 is 4.52 Å². The van der Waals surface area contributed by atoms with Crippen LogP contribution in [0, 0.1) is 0 Å². The Morgan fingerprint density at radius 1 is 0.944 bits per heavy atom. The minimum Gasteiger partial charge on any atom is -0.354 e. The summed E-state index contributed by atoms with van der Waals surface area (Å²) >= 11 is 0. The maximum atomic E-state index is 5.30. The molecule has 0 heterocycles. The van der Waals surface area contributed by atoms with Crippen molar-refractivity contribution in [3.63, 3.8) is 0 Å². The van der Waals surface area contributed by atoms with Gasteiger partial charge in [0.2, 0.25) is 0 Å². The van der Waals surface area contributed by atoms with E-state index in [4.69, 9.17) is 4.52 Å². The summed E-state index contributed by atoms with van der Waals surface area (Å²) in [5.41, 5.74) is 4.34. The first-order chi connectivity index (χ1) is 8.56. The molecule has 0 fully saturated rings. The summed E-state index contributed by atoms with van der Waals surface area (Å²) in [6.45, 7) is 9.48. The van der Waals surface area contributed by atoms with Crippen molar-refractivity contribution in [3.05, 3.63) is 34.9 Å². The van der Waals surface area contributed by atoms with Gasteiger partial charge >= 0.3 is 0 Å². The Hall–Kier alpha value is 0.0400. The molecule has 0 saturated carbocycles. The lowest BCUT2D eigenvalue weighted by molar-refractivity contribution is 0.422. The van der Waals surface area contributed by atoms with Gasteiger partial charge in [0.05, 0.1) is 6.61 Å². The maximum Gasteiger partial charge on any atom is 0.0693 e. The zero-order chi connectivity index (χ0) is 13.8. The van der Waals surface area contributed by atoms with Crippen LogP contribution in [0.3, 0.4) is 0 Å². The summed E-state index contributed by atoms with van der Waals surface area (Å²) in [6.07, 6.45) is 11.5. The van der Waals surface area contributed by atoms with Crippen LogP contribution in [0.25, 0.3) is 0 Å². The summed E-state index contributed by atoms with van der Waals surface area (Å²) in [4.78, 5) is 0. The van der Waals surface area contributed by atoms with Crippen molar-refractivity contribution < 1.29 is 4.52 Å². The van der Waals surface area contributed by atoms with E-state index < -0.39 is 0 Å². The molecule has 18 heavy (non-hydrogen) atoms. The van der Waals surface area contributed by atoms with Crippen LogP contribution < -0.4 is 0 Å². The summed E-state index contributed by atoms with van der Waals surface area (Å²) in [5, 5.41) is 0. The molecule has 0 aromatic heterocycles. The Bertz CT molecular complexity index is 300. The van der Waals surface area contributed by atoms with E-state index in [-0.39, 0.29) is 0 Å². The van der Waals surface area contributed by atoms with Gasteiger partial charge in [-0.05, 0) is 53.4 Å². The van der Waals surface area contributed by atoms with Crippen LogP contribution in [0.1, 0.15) is 53.4 Å². The molecule has 0 N–H and O–H groups in total. The lowest BCUT2D eigenvalue weighted by Crippen LogP contribution is -1.83. The van der Waals surface area contributed by atoms with E-state index in [1.165, 1.54) is 29.6 Å². The molecule has 0 bridgehead atoms. The summed E-state index contributed by atoms with van der Waals surface area (Å²) < 4.78 is 5.30. The molecule has 2 unspecified atom stereocenters. The molecule has 1 nitrogen and oxygen atoms in total. The third kappa shape index (κ3) is 12.5. The van der Waals surface area contributed by atoms with Crippen LogP contribution >= 0.6 is 17.4 Å². The largest absolute Gasteiger partial charge is 0.354 e. The maximum absolute atomic E-state index is 5.30. The molecule has 0 aromatic carbocycles. The summed E-state index contributed by atoms with van der Waals surface area (Å²) in [5.74, 6) is 0. The van der Waals surface area contributed by atoms with E-state index >= 15 is 0 Å². The van der Waals surface area contributed by atoms with Crippen molar-refractivity contribution in [2.45, 2.75) is 53.4 Å². The lowest BCUT2D eigenvalue weighted by Gasteiger charge is -2.01. The van der Waals surface area contributed by atoms with Crippen LogP contribution in [0.2, 0.25) is 0 Å². The molecule has 0 aliphatic heterocycles. The minimum atomic E-state index is 0.508. The van der Waals surface area contributed by atoms with Gasteiger partial charge in [0.25, 0.3) is 0 Å². The second kappa shape index (κ2) is 12.1. The monoisotopic (exact) mass is 286 g/mol. The molecule has 0 rings (SSSR count). The number of hydrogen-bond donors (Lipinski definition) is 0. The third-order valence-electron chi connectivity index (χ3n) is 2.72. The van der Waals surface area contributed by atoms with Crippen molar-refractivity contribution in [1.29, 1.82) is 0 Å². The van der Waals surface area contributed by atoms with Gasteiger partial charge in [0, 0.05) is 8.50 Å². The van der Waals surface area contributed by atoms with Crippen molar-refractivity contribution in [1.82, 2.24) is 0 Å². The molecule has 2 atom stereocenters. The van der Waals surface area contributed by atoms with Crippen LogP contribution in [-0.4, -0.2) is 6.61 Å². The number of rotatable bonds is 9. The van der Waals surface area contributed by atoms with Crippen LogP contribution in [-0.2, 0) is 4.52 Å². The fraction of sp³-hybridized carbons (Fsp3) is 0.600. The smallest absolute Gasteiger partial charge is 0.0693 e. The minimum absolute atomic E-state index is 0.508. The zero-order valence-electron chi connectivity index (χ0n) is 12.3. The van der Waals surface area contributed by atoms with Crippen molar-refractivity contribution >= 4 is 17.4 Å². The topological polar surface area (TPSA) is 9.23 Å². The molecule has 0 aliphatic rings. The van der Waals surface area contributed by atoms with Gasteiger partial charge in [-0.15, -0.1) is 0 Å². The van der Waals surface area contributed by atoms with E-state index in [2.05, 4.69) is 54.9 Å². The second-order valence-corrected chi connectivity index (χ2v) is 6.12. The Morgan fingerprint density at radius 3 is 2.06 bits per heavy atom. The van der Waals surface area contributed by atoms with Gasteiger partial charge in [-0.25, -0.2) is 0 Å². The van der Waals surface area contributed by atoms with Crippen molar-refractivity contribution in [3.8, 4) is 0 Å². The summed E-state index contributed by atoms with van der Waals surface area (Å²) in [6, 6.07) is 0. The van der Waals surface area contributed by atoms with E-state index in [1.807, 2.05) is 0 Å². The zero-order valence-corrected chi connectivity index (χ0v) is 14.4. The third-order valence-corrected chi connectivity index (χ3v) is 3.55. The second-order valence-electron chi connectivity index (χ2n) is 4.89. The molecule has 0 amide bonds. The van der Waals surface area contributed by atoms with Crippen LogP contribution in [0.15, 0.2) is 34.9 Å². The Kier molecular flexibility index (Phi) is 12.1. The number of hydrogen-bond acceptors (Lipinski definition) is 1. The fourth-order valence-corrected chi connectivity index (χ4v) is 2.04. The van der Waals surface area contributed by atoms with Crippen molar-refractivity contribution in [2.24, 2.45) is 0 Å². The molecule has 0 radical (unpaired) electrons. The highest BCUT2D eigenvalue weighted by Gasteiger charge is 1.91. The van der Waals surface area contributed by atoms with Gasteiger partial charge in [-0.3, -0.25) is 0 Å². The molecule has 0 spiro atoms. The van der Waals surface area contributed by atoms with Gasteiger partial charge in [-0.1, -0.05) is 43.9 Å².